The van der Waals surface area contributed by atoms with Crippen molar-refractivity contribution < 1.29 is 23.0 Å². The molecule has 0 saturated heterocycles. The van der Waals surface area contributed by atoms with Crippen molar-refractivity contribution in [2.45, 2.75) is 19.6 Å². The molecule has 2 amide bonds. The summed E-state index contributed by atoms with van der Waals surface area (Å²) in [5.74, 6) is -1.36. The molecule has 0 fully saturated rings. The van der Waals surface area contributed by atoms with E-state index in [4.69, 9.17) is 9.47 Å². The average Bonchev–Trinajstić information content (AvgIpc) is 2.59. The van der Waals surface area contributed by atoms with Gasteiger partial charge in [0.2, 0.25) is 0 Å². The summed E-state index contributed by atoms with van der Waals surface area (Å²) in [6, 6.07) is 9.36. The van der Waals surface area contributed by atoms with Crippen LogP contribution in [0.2, 0.25) is 0 Å². The molecule has 140 valence electrons. The molecule has 26 heavy (non-hydrogen) atoms. The number of carbonyl (C=O) groups is 1. The summed E-state index contributed by atoms with van der Waals surface area (Å²) in [5.41, 5.74) is 1.69. The third-order valence-corrected chi connectivity index (χ3v) is 3.66. The molecule has 0 bridgehead atoms. The van der Waals surface area contributed by atoms with Gasteiger partial charge in [0.1, 0.15) is 11.6 Å². The number of carbonyl (C=O) groups excluding carboxylic acids is 1. The number of urea groups is 1. The van der Waals surface area contributed by atoms with Crippen molar-refractivity contribution in [2.24, 2.45) is 0 Å². The summed E-state index contributed by atoms with van der Waals surface area (Å²) in [6.45, 7) is 3.02. The number of anilines is 1. The summed E-state index contributed by atoms with van der Waals surface area (Å²) < 4.78 is 37.1. The molecule has 1 unspecified atom stereocenters. The van der Waals surface area contributed by atoms with E-state index in [9.17, 15) is 13.6 Å². The van der Waals surface area contributed by atoms with Crippen LogP contribution in [0.1, 0.15) is 24.1 Å². The van der Waals surface area contributed by atoms with Crippen LogP contribution in [0, 0.1) is 11.6 Å². The SMILES string of the molecule is COCCOCc1cccc(NC(=O)NC(C)c2ccc(F)cc2F)c1. The van der Waals surface area contributed by atoms with E-state index in [0.29, 0.717) is 25.5 Å². The van der Waals surface area contributed by atoms with Gasteiger partial charge in [-0.2, -0.15) is 0 Å². The van der Waals surface area contributed by atoms with Crippen LogP contribution in [-0.4, -0.2) is 26.4 Å². The highest BCUT2D eigenvalue weighted by atomic mass is 19.1. The highest BCUT2D eigenvalue weighted by Gasteiger charge is 2.14. The van der Waals surface area contributed by atoms with E-state index in [1.54, 1.807) is 32.2 Å². The molecule has 2 rings (SSSR count). The zero-order valence-corrected chi connectivity index (χ0v) is 14.7. The largest absolute Gasteiger partial charge is 0.382 e. The molecule has 2 aromatic rings. The lowest BCUT2D eigenvalue weighted by Gasteiger charge is -2.16. The first kappa shape index (κ1) is 19.8. The van der Waals surface area contributed by atoms with Gasteiger partial charge in [-0.1, -0.05) is 18.2 Å². The average molecular weight is 364 g/mol. The topological polar surface area (TPSA) is 59.6 Å². The van der Waals surface area contributed by atoms with Gasteiger partial charge in [0.05, 0.1) is 25.9 Å². The van der Waals surface area contributed by atoms with Crippen molar-refractivity contribution in [1.29, 1.82) is 0 Å². The fourth-order valence-corrected chi connectivity index (χ4v) is 2.37. The number of methoxy groups -OCH3 is 1. The van der Waals surface area contributed by atoms with Crippen molar-refractivity contribution in [2.75, 3.05) is 25.6 Å². The molecule has 0 aromatic heterocycles. The number of benzene rings is 2. The maximum Gasteiger partial charge on any atom is 0.319 e. The molecule has 0 saturated carbocycles. The first-order valence-corrected chi connectivity index (χ1v) is 8.17. The fraction of sp³-hybridized carbons (Fsp3) is 0.316. The molecule has 0 aliphatic carbocycles. The zero-order chi connectivity index (χ0) is 18.9. The summed E-state index contributed by atoms with van der Waals surface area (Å²) >= 11 is 0. The smallest absolute Gasteiger partial charge is 0.319 e. The maximum atomic E-state index is 13.8. The second kappa shape index (κ2) is 9.84. The van der Waals surface area contributed by atoms with Crippen LogP contribution < -0.4 is 10.6 Å². The number of rotatable bonds is 8. The van der Waals surface area contributed by atoms with Gasteiger partial charge < -0.3 is 20.1 Å². The highest BCUT2D eigenvalue weighted by molar-refractivity contribution is 5.89. The number of halogens is 2. The van der Waals surface area contributed by atoms with Crippen LogP contribution in [0.4, 0.5) is 19.3 Å². The predicted molar refractivity (Wildman–Crippen MR) is 94.9 cm³/mol. The summed E-state index contributed by atoms with van der Waals surface area (Å²) in [6.07, 6.45) is 0. The first-order valence-electron chi connectivity index (χ1n) is 8.17. The van der Waals surface area contributed by atoms with E-state index in [1.807, 2.05) is 6.07 Å². The minimum atomic E-state index is -0.701. The molecular weight excluding hydrogens is 342 g/mol. The Morgan fingerprint density at radius 1 is 1.15 bits per heavy atom. The van der Waals surface area contributed by atoms with E-state index in [-0.39, 0.29) is 5.56 Å². The van der Waals surface area contributed by atoms with Crippen molar-refractivity contribution in [1.82, 2.24) is 5.32 Å². The minimum absolute atomic E-state index is 0.210. The van der Waals surface area contributed by atoms with Crippen LogP contribution >= 0.6 is 0 Å². The van der Waals surface area contributed by atoms with Crippen molar-refractivity contribution in [3.05, 3.63) is 65.2 Å². The normalized spacial score (nSPS) is 11.8. The van der Waals surface area contributed by atoms with E-state index in [0.717, 1.165) is 17.7 Å². The van der Waals surface area contributed by atoms with Crippen LogP contribution in [0.15, 0.2) is 42.5 Å². The van der Waals surface area contributed by atoms with E-state index < -0.39 is 23.7 Å². The standard InChI is InChI=1S/C19H22F2N2O3/c1-13(17-7-6-15(20)11-18(17)21)22-19(24)23-16-5-3-4-14(10-16)12-26-9-8-25-2/h3-7,10-11,13H,8-9,12H2,1-2H3,(H2,22,23,24). The summed E-state index contributed by atoms with van der Waals surface area (Å²) in [4.78, 5) is 12.1. The number of nitrogens with one attached hydrogen (secondary N) is 2. The van der Waals surface area contributed by atoms with Crippen molar-refractivity contribution in [3.8, 4) is 0 Å². The summed E-state index contributed by atoms with van der Waals surface area (Å²) in [5, 5.41) is 5.31. The molecule has 7 heteroatoms. The first-order chi connectivity index (χ1) is 12.5. The number of hydrogen-bond donors (Lipinski definition) is 2. The molecular formula is C19H22F2N2O3. The van der Waals surface area contributed by atoms with Crippen LogP contribution in [0.3, 0.4) is 0 Å². The lowest BCUT2D eigenvalue weighted by atomic mass is 10.1. The Balaban J connectivity index is 1.90. The second-order valence-electron chi connectivity index (χ2n) is 5.73. The molecule has 0 spiro atoms. The van der Waals surface area contributed by atoms with E-state index in [2.05, 4.69) is 10.6 Å². The maximum absolute atomic E-state index is 13.8. The fourth-order valence-electron chi connectivity index (χ4n) is 2.37. The Morgan fingerprint density at radius 3 is 2.69 bits per heavy atom. The van der Waals surface area contributed by atoms with Gasteiger partial charge in [0.25, 0.3) is 0 Å². The van der Waals surface area contributed by atoms with Crippen LogP contribution in [0.25, 0.3) is 0 Å². The van der Waals surface area contributed by atoms with Gasteiger partial charge in [-0.05, 0) is 30.7 Å². The molecule has 5 nitrogen and oxygen atoms in total. The minimum Gasteiger partial charge on any atom is -0.382 e. The van der Waals surface area contributed by atoms with Crippen LogP contribution in [-0.2, 0) is 16.1 Å². The third kappa shape index (κ3) is 6.09. The lowest BCUT2D eigenvalue weighted by Crippen LogP contribution is -2.31. The Hall–Kier alpha value is -2.51. The number of amides is 2. The van der Waals surface area contributed by atoms with Gasteiger partial charge in [-0.25, -0.2) is 13.6 Å². The lowest BCUT2D eigenvalue weighted by molar-refractivity contribution is 0.0617. The van der Waals surface area contributed by atoms with Gasteiger partial charge in [-0.15, -0.1) is 0 Å². The molecule has 1 atom stereocenters. The highest BCUT2D eigenvalue weighted by Crippen LogP contribution is 2.18. The van der Waals surface area contributed by atoms with Crippen LogP contribution in [0.5, 0.6) is 0 Å². The van der Waals surface area contributed by atoms with Gasteiger partial charge in [0, 0.05) is 24.4 Å². The van der Waals surface area contributed by atoms with Gasteiger partial charge in [-0.3, -0.25) is 0 Å². The molecule has 0 aliphatic rings. The molecule has 2 aromatic carbocycles. The Labute approximate surface area is 151 Å². The monoisotopic (exact) mass is 364 g/mol. The Morgan fingerprint density at radius 2 is 1.96 bits per heavy atom. The van der Waals surface area contributed by atoms with Crippen molar-refractivity contribution in [3.63, 3.8) is 0 Å². The van der Waals surface area contributed by atoms with Gasteiger partial charge in [0.15, 0.2) is 0 Å². The van der Waals surface area contributed by atoms with E-state index in [1.165, 1.54) is 6.07 Å². The Bertz CT molecular complexity index is 740. The predicted octanol–water partition coefficient (Wildman–Crippen LogP) is 4.01. The van der Waals surface area contributed by atoms with E-state index >= 15 is 0 Å². The zero-order valence-electron chi connectivity index (χ0n) is 14.7. The molecule has 0 aliphatic heterocycles. The number of ether oxygens (including phenoxy) is 2. The van der Waals surface area contributed by atoms with Crippen molar-refractivity contribution >= 4 is 11.7 Å². The Kier molecular flexibility index (Phi) is 7.50. The summed E-state index contributed by atoms with van der Waals surface area (Å²) in [7, 11) is 1.60. The third-order valence-electron chi connectivity index (χ3n) is 3.66. The molecule has 0 heterocycles. The van der Waals surface area contributed by atoms with Gasteiger partial charge >= 0.3 is 6.03 Å². The number of hydrogen-bond acceptors (Lipinski definition) is 3. The quantitative estimate of drug-likeness (QED) is 0.696. The molecule has 0 radical (unpaired) electrons. The molecule has 2 N–H and O–H groups in total. The second-order valence-corrected chi connectivity index (χ2v) is 5.73.